The van der Waals surface area contributed by atoms with Crippen LogP contribution in [0.4, 0.5) is 4.39 Å². The lowest BCUT2D eigenvalue weighted by molar-refractivity contribution is 0.628. The van der Waals surface area contributed by atoms with Crippen molar-refractivity contribution in [3.63, 3.8) is 0 Å². The molecule has 0 N–H and O–H groups in total. The number of nitrogens with zero attached hydrogens (tertiary/aromatic N) is 3. The molecule has 0 radical (unpaired) electrons. The normalized spacial score (nSPS) is 10.1. The molecule has 0 fully saturated rings. The molecule has 0 unspecified atom stereocenters. The minimum Gasteiger partial charge on any atom is -0.272 e. The highest BCUT2D eigenvalue weighted by Gasteiger charge is 2.05. The van der Waals surface area contributed by atoms with Gasteiger partial charge < -0.3 is 0 Å². The summed E-state index contributed by atoms with van der Waals surface area (Å²) in [5.74, 6) is -0.404. The Morgan fingerprint density at radius 1 is 1.38 bits per heavy atom. The van der Waals surface area contributed by atoms with Gasteiger partial charge in [0.1, 0.15) is 5.82 Å². The van der Waals surface area contributed by atoms with Crippen LogP contribution in [0.3, 0.4) is 0 Å². The predicted molar refractivity (Wildman–Crippen MR) is 58.0 cm³/mol. The van der Waals surface area contributed by atoms with Gasteiger partial charge in [0.05, 0.1) is 17.8 Å². The van der Waals surface area contributed by atoms with Crippen molar-refractivity contribution < 1.29 is 4.39 Å². The van der Waals surface area contributed by atoms with Gasteiger partial charge in [-0.2, -0.15) is 10.4 Å². The van der Waals surface area contributed by atoms with E-state index in [0.29, 0.717) is 11.1 Å². The second kappa shape index (κ2) is 4.15. The molecule has 1 aromatic heterocycles. The van der Waals surface area contributed by atoms with Crippen molar-refractivity contribution in [2.24, 2.45) is 0 Å². The van der Waals surface area contributed by atoms with Gasteiger partial charge in [-0.25, -0.2) is 4.39 Å². The molecule has 0 aliphatic heterocycles. The van der Waals surface area contributed by atoms with Crippen LogP contribution in [0, 0.1) is 17.1 Å². The van der Waals surface area contributed by atoms with Crippen LogP contribution in [0.15, 0.2) is 30.6 Å². The minimum atomic E-state index is -0.404. The zero-order valence-electron chi connectivity index (χ0n) is 8.81. The maximum atomic E-state index is 13.2. The van der Waals surface area contributed by atoms with E-state index in [2.05, 4.69) is 5.10 Å². The Labute approximate surface area is 92.7 Å². The third-order valence-electron chi connectivity index (χ3n) is 2.32. The van der Waals surface area contributed by atoms with E-state index in [0.717, 1.165) is 12.1 Å². The molecule has 0 aliphatic rings. The first-order valence-electron chi connectivity index (χ1n) is 4.96. The first-order chi connectivity index (χ1) is 7.72. The Morgan fingerprint density at radius 3 is 2.81 bits per heavy atom. The van der Waals surface area contributed by atoms with E-state index < -0.39 is 5.82 Å². The Morgan fingerprint density at radius 2 is 2.19 bits per heavy atom. The summed E-state index contributed by atoms with van der Waals surface area (Å²) in [4.78, 5) is 0. The number of rotatable bonds is 2. The fourth-order valence-corrected chi connectivity index (χ4v) is 1.51. The lowest BCUT2D eigenvalue weighted by Crippen LogP contribution is -1.92. The van der Waals surface area contributed by atoms with Gasteiger partial charge in [-0.05, 0) is 30.7 Å². The molecule has 1 heterocycles. The highest BCUT2D eigenvalue weighted by Crippen LogP contribution is 2.21. The number of halogens is 1. The summed E-state index contributed by atoms with van der Waals surface area (Å²) in [6, 6.07) is 6.20. The lowest BCUT2D eigenvalue weighted by atomic mass is 10.1. The second-order valence-corrected chi connectivity index (χ2v) is 3.43. The molecule has 0 saturated carbocycles. The van der Waals surface area contributed by atoms with E-state index in [9.17, 15) is 4.39 Å². The Kier molecular flexibility index (Phi) is 2.69. The van der Waals surface area contributed by atoms with Crippen molar-refractivity contribution >= 4 is 0 Å². The van der Waals surface area contributed by atoms with Gasteiger partial charge in [0.2, 0.25) is 0 Å². The minimum absolute atomic E-state index is 0.319. The first kappa shape index (κ1) is 10.4. The van der Waals surface area contributed by atoms with Gasteiger partial charge in [-0.3, -0.25) is 4.68 Å². The van der Waals surface area contributed by atoms with E-state index in [1.54, 1.807) is 16.9 Å². The molecular weight excluding hydrogens is 205 g/mol. The third kappa shape index (κ3) is 1.94. The van der Waals surface area contributed by atoms with Gasteiger partial charge in [-0.15, -0.1) is 0 Å². The van der Waals surface area contributed by atoms with E-state index in [1.165, 1.54) is 12.1 Å². The largest absolute Gasteiger partial charge is 0.272 e. The smallest absolute Gasteiger partial charge is 0.125 e. The number of aromatic nitrogens is 2. The average Bonchev–Trinajstić information content (AvgIpc) is 2.76. The molecule has 4 heteroatoms. The molecule has 0 spiro atoms. The van der Waals surface area contributed by atoms with Gasteiger partial charge in [-0.1, -0.05) is 0 Å². The van der Waals surface area contributed by atoms with E-state index in [4.69, 9.17) is 5.26 Å². The summed E-state index contributed by atoms with van der Waals surface area (Å²) in [5.41, 5.74) is 1.81. The van der Waals surface area contributed by atoms with Crippen molar-refractivity contribution in [1.29, 1.82) is 5.26 Å². The van der Waals surface area contributed by atoms with E-state index in [1.807, 2.05) is 19.2 Å². The maximum Gasteiger partial charge on any atom is 0.125 e. The number of hydrogen-bond donors (Lipinski definition) is 0. The third-order valence-corrected chi connectivity index (χ3v) is 2.32. The monoisotopic (exact) mass is 215 g/mol. The van der Waals surface area contributed by atoms with Crippen LogP contribution in [0.2, 0.25) is 0 Å². The summed E-state index contributed by atoms with van der Waals surface area (Å²) in [6.07, 6.45) is 3.50. The number of nitriles is 1. The quantitative estimate of drug-likeness (QED) is 0.772. The highest BCUT2D eigenvalue weighted by molar-refractivity contribution is 5.63. The number of benzene rings is 1. The lowest BCUT2D eigenvalue weighted by Gasteiger charge is -1.98. The van der Waals surface area contributed by atoms with Gasteiger partial charge in [0.15, 0.2) is 0 Å². The van der Waals surface area contributed by atoms with E-state index in [-0.39, 0.29) is 0 Å². The van der Waals surface area contributed by atoms with Crippen LogP contribution in [0.25, 0.3) is 11.1 Å². The summed E-state index contributed by atoms with van der Waals surface area (Å²) in [6.45, 7) is 2.74. The Balaban J connectivity index is 2.47. The molecule has 2 rings (SSSR count). The van der Waals surface area contributed by atoms with Crippen molar-refractivity contribution in [2.45, 2.75) is 13.5 Å². The molecule has 16 heavy (non-hydrogen) atoms. The topological polar surface area (TPSA) is 41.6 Å². The van der Waals surface area contributed by atoms with Crippen molar-refractivity contribution in [3.8, 4) is 17.2 Å². The molecule has 0 bridgehead atoms. The van der Waals surface area contributed by atoms with Gasteiger partial charge in [0, 0.05) is 18.3 Å². The molecule has 0 saturated heterocycles. The van der Waals surface area contributed by atoms with Crippen LogP contribution in [0.5, 0.6) is 0 Å². The van der Waals surface area contributed by atoms with Gasteiger partial charge >= 0.3 is 0 Å². The van der Waals surface area contributed by atoms with Gasteiger partial charge in [0.25, 0.3) is 0 Å². The molecule has 0 amide bonds. The maximum absolute atomic E-state index is 13.2. The van der Waals surface area contributed by atoms with Crippen LogP contribution < -0.4 is 0 Å². The predicted octanol–water partition coefficient (Wildman–Crippen LogP) is 2.58. The molecule has 0 atom stereocenters. The van der Waals surface area contributed by atoms with Crippen molar-refractivity contribution in [1.82, 2.24) is 9.78 Å². The number of hydrogen-bond acceptors (Lipinski definition) is 2. The molecule has 1 aromatic carbocycles. The SMILES string of the molecule is CCn1cc(-c2cc(F)cc(C#N)c2)cn1. The molecule has 2 aromatic rings. The zero-order chi connectivity index (χ0) is 11.5. The summed E-state index contributed by atoms with van der Waals surface area (Å²) >= 11 is 0. The first-order valence-corrected chi connectivity index (χ1v) is 4.96. The standard InChI is InChI=1S/C12H10FN3/c1-2-16-8-11(7-15-16)10-3-9(6-14)4-12(13)5-10/h3-5,7-8H,2H2,1H3. The Bertz CT molecular complexity index is 552. The fourth-order valence-electron chi connectivity index (χ4n) is 1.51. The molecule has 80 valence electrons. The summed E-state index contributed by atoms with van der Waals surface area (Å²) in [7, 11) is 0. The van der Waals surface area contributed by atoms with Crippen molar-refractivity contribution in [3.05, 3.63) is 42.0 Å². The Hall–Kier alpha value is -2.15. The van der Waals surface area contributed by atoms with Crippen LogP contribution in [0.1, 0.15) is 12.5 Å². The van der Waals surface area contributed by atoms with Crippen LogP contribution in [-0.4, -0.2) is 9.78 Å². The highest BCUT2D eigenvalue weighted by atomic mass is 19.1. The summed E-state index contributed by atoms with van der Waals surface area (Å²) < 4.78 is 15.0. The molecule has 3 nitrogen and oxygen atoms in total. The van der Waals surface area contributed by atoms with E-state index >= 15 is 0 Å². The summed E-state index contributed by atoms with van der Waals surface area (Å²) in [5, 5.41) is 12.9. The second-order valence-electron chi connectivity index (χ2n) is 3.43. The zero-order valence-corrected chi connectivity index (χ0v) is 8.81. The molecule has 0 aliphatic carbocycles. The fraction of sp³-hybridized carbons (Fsp3) is 0.167. The molecular formula is C12H10FN3. The van der Waals surface area contributed by atoms with Crippen LogP contribution >= 0.6 is 0 Å². The van der Waals surface area contributed by atoms with Crippen LogP contribution in [-0.2, 0) is 6.54 Å². The average molecular weight is 215 g/mol. The van der Waals surface area contributed by atoms with Crippen molar-refractivity contribution in [2.75, 3.05) is 0 Å². The number of aryl methyl sites for hydroxylation is 1.